The number of esters is 1. The fourth-order valence-electron chi connectivity index (χ4n) is 1.99. The standard InChI is InChI=1S/C19H20O2/c1-15-8-9-18(14-16(15)2)10-11-19(20)21-13-12-17-6-4-3-5-7-17/h3-11,14H,12-13H2,1-2H3. The number of aryl methyl sites for hydroxylation is 2. The average Bonchev–Trinajstić information content (AvgIpc) is 2.49. The molecule has 0 amide bonds. The maximum atomic E-state index is 11.6. The Bertz CT molecular complexity index is 627. The minimum atomic E-state index is -0.302. The van der Waals surface area contributed by atoms with E-state index in [4.69, 9.17) is 4.74 Å². The topological polar surface area (TPSA) is 26.3 Å². The SMILES string of the molecule is Cc1ccc(C=CC(=O)OCCc2ccccc2)cc1C. The van der Waals surface area contributed by atoms with Crippen molar-refractivity contribution in [2.24, 2.45) is 0 Å². The number of rotatable bonds is 5. The molecule has 0 aromatic heterocycles. The van der Waals surface area contributed by atoms with Crippen LogP contribution in [-0.4, -0.2) is 12.6 Å². The number of hydrogen-bond donors (Lipinski definition) is 0. The first-order valence-corrected chi connectivity index (χ1v) is 7.11. The summed E-state index contributed by atoms with van der Waals surface area (Å²) in [6, 6.07) is 16.1. The van der Waals surface area contributed by atoms with Crippen LogP contribution in [0.3, 0.4) is 0 Å². The molecular weight excluding hydrogens is 260 g/mol. The van der Waals surface area contributed by atoms with Gasteiger partial charge in [0.15, 0.2) is 0 Å². The van der Waals surface area contributed by atoms with Crippen molar-refractivity contribution < 1.29 is 9.53 Å². The van der Waals surface area contributed by atoms with Crippen molar-refractivity contribution in [2.45, 2.75) is 20.3 Å². The second-order valence-electron chi connectivity index (χ2n) is 5.08. The lowest BCUT2D eigenvalue weighted by Gasteiger charge is -2.03. The molecule has 0 radical (unpaired) electrons. The molecule has 0 aliphatic rings. The van der Waals surface area contributed by atoms with E-state index in [0.29, 0.717) is 6.61 Å². The second kappa shape index (κ2) is 7.44. The highest BCUT2D eigenvalue weighted by Crippen LogP contribution is 2.11. The van der Waals surface area contributed by atoms with Crippen LogP contribution in [-0.2, 0) is 16.0 Å². The van der Waals surface area contributed by atoms with E-state index in [1.54, 1.807) is 6.08 Å². The van der Waals surface area contributed by atoms with Crippen molar-refractivity contribution in [3.63, 3.8) is 0 Å². The van der Waals surface area contributed by atoms with Crippen molar-refractivity contribution in [2.75, 3.05) is 6.61 Å². The molecule has 2 aromatic rings. The molecular formula is C19H20O2. The predicted molar refractivity (Wildman–Crippen MR) is 86.1 cm³/mol. The Kier molecular flexibility index (Phi) is 5.33. The molecule has 21 heavy (non-hydrogen) atoms. The Labute approximate surface area is 126 Å². The zero-order chi connectivity index (χ0) is 15.1. The molecule has 0 spiro atoms. The minimum Gasteiger partial charge on any atom is -0.462 e. The van der Waals surface area contributed by atoms with Crippen molar-refractivity contribution >= 4 is 12.0 Å². The van der Waals surface area contributed by atoms with E-state index in [9.17, 15) is 4.79 Å². The highest BCUT2D eigenvalue weighted by Gasteiger charge is 1.99. The summed E-state index contributed by atoms with van der Waals surface area (Å²) in [5.74, 6) is -0.302. The fraction of sp³-hybridized carbons (Fsp3) is 0.211. The van der Waals surface area contributed by atoms with Gasteiger partial charge in [0.25, 0.3) is 0 Å². The molecule has 0 bridgehead atoms. The fourth-order valence-corrected chi connectivity index (χ4v) is 1.99. The van der Waals surface area contributed by atoms with Crippen molar-refractivity contribution in [3.05, 3.63) is 76.9 Å². The van der Waals surface area contributed by atoms with Gasteiger partial charge in [-0.15, -0.1) is 0 Å². The predicted octanol–water partition coefficient (Wildman–Crippen LogP) is 4.10. The molecule has 0 saturated carbocycles. The van der Waals surface area contributed by atoms with Crippen LogP contribution in [0.25, 0.3) is 6.08 Å². The number of carbonyl (C=O) groups excluding carboxylic acids is 1. The number of hydrogen-bond acceptors (Lipinski definition) is 2. The lowest BCUT2D eigenvalue weighted by molar-refractivity contribution is -0.137. The van der Waals surface area contributed by atoms with Crippen LogP contribution in [0.1, 0.15) is 22.3 Å². The van der Waals surface area contributed by atoms with Crippen LogP contribution in [0.15, 0.2) is 54.6 Å². The van der Waals surface area contributed by atoms with E-state index in [1.165, 1.54) is 22.8 Å². The van der Waals surface area contributed by atoms with Crippen LogP contribution in [0.2, 0.25) is 0 Å². The zero-order valence-corrected chi connectivity index (χ0v) is 12.5. The van der Waals surface area contributed by atoms with Gasteiger partial charge in [-0.05, 0) is 42.2 Å². The lowest BCUT2D eigenvalue weighted by Crippen LogP contribution is -2.04. The van der Waals surface area contributed by atoms with Crippen molar-refractivity contribution in [3.8, 4) is 0 Å². The van der Waals surface area contributed by atoms with Gasteiger partial charge in [0.2, 0.25) is 0 Å². The van der Waals surface area contributed by atoms with Gasteiger partial charge in [-0.1, -0.05) is 48.5 Å². The van der Waals surface area contributed by atoms with Gasteiger partial charge in [-0.2, -0.15) is 0 Å². The third kappa shape index (κ3) is 4.92. The van der Waals surface area contributed by atoms with Crippen LogP contribution < -0.4 is 0 Å². The molecule has 108 valence electrons. The lowest BCUT2D eigenvalue weighted by atomic mass is 10.1. The highest BCUT2D eigenvalue weighted by molar-refractivity contribution is 5.87. The van der Waals surface area contributed by atoms with E-state index in [1.807, 2.05) is 36.4 Å². The van der Waals surface area contributed by atoms with Crippen LogP contribution >= 0.6 is 0 Å². The Hall–Kier alpha value is -2.35. The molecule has 2 aromatic carbocycles. The quantitative estimate of drug-likeness (QED) is 0.609. The summed E-state index contributed by atoms with van der Waals surface area (Å²) >= 11 is 0. The van der Waals surface area contributed by atoms with Gasteiger partial charge in [0.05, 0.1) is 6.61 Å². The van der Waals surface area contributed by atoms with Gasteiger partial charge < -0.3 is 4.74 Å². The summed E-state index contributed by atoms with van der Waals surface area (Å²) in [4.78, 5) is 11.6. The molecule has 2 heteroatoms. The monoisotopic (exact) mass is 280 g/mol. The number of ether oxygens (including phenoxy) is 1. The number of benzene rings is 2. The molecule has 2 rings (SSSR count). The average molecular weight is 280 g/mol. The molecule has 0 unspecified atom stereocenters. The third-order valence-corrected chi connectivity index (χ3v) is 3.42. The normalized spacial score (nSPS) is 10.8. The smallest absolute Gasteiger partial charge is 0.330 e. The Balaban J connectivity index is 1.81. The van der Waals surface area contributed by atoms with E-state index in [-0.39, 0.29) is 5.97 Å². The highest BCUT2D eigenvalue weighted by atomic mass is 16.5. The first-order valence-electron chi connectivity index (χ1n) is 7.11. The van der Waals surface area contributed by atoms with Crippen LogP contribution in [0, 0.1) is 13.8 Å². The summed E-state index contributed by atoms with van der Waals surface area (Å²) in [6.45, 7) is 4.53. The Morgan fingerprint density at radius 3 is 2.52 bits per heavy atom. The number of carbonyl (C=O) groups is 1. The van der Waals surface area contributed by atoms with Crippen LogP contribution in [0.5, 0.6) is 0 Å². The molecule has 0 atom stereocenters. The summed E-state index contributed by atoms with van der Waals surface area (Å²) in [6.07, 6.45) is 4.01. The zero-order valence-electron chi connectivity index (χ0n) is 12.5. The van der Waals surface area contributed by atoms with Gasteiger partial charge in [0, 0.05) is 12.5 Å². The van der Waals surface area contributed by atoms with E-state index >= 15 is 0 Å². The molecule has 2 nitrogen and oxygen atoms in total. The summed E-state index contributed by atoms with van der Waals surface area (Å²) in [5, 5.41) is 0. The minimum absolute atomic E-state index is 0.302. The molecule has 0 heterocycles. The van der Waals surface area contributed by atoms with E-state index in [0.717, 1.165) is 12.0 Å². The molecule has 0 N–H and O–H groups in total. The van der Waals surface area contributed by atoms with Gasteiger partial charge in [-0.3, -0.25) is 0 Å². The molecule has 0 saturated heterocycles. The Morgan fingerprint density at radius 2 is 1.81 bits per heavy atom. The van der Waals surface area contributed by atoms with Crippen molar-refractivity contribution in [1.82, 2.24) is 0 Å². The molecule has 0 aliphatic carbocycles. The maximum absolute atomic E-state index is 11.6. The Morgan fingerprint density at radius 1 is 1.05 bits per heavy atom. The van der Waals surface area contributed by atoms with Crippen LogP contribution in [0.4, 0.5) is 0 Å². The molecule has 0 aliphatic heterocycles. The first-order chi connectivity index (χ1) is 10.1. The van der Waals surface area contributed by atoms with E-state index < -0.39 is 0 Å². The first kappa shape index (κ1) is 15.0. The summed E-state index contributed by atoms with van der Waals surface area (Å²) < 4.78 is 5.20. The summed E-state index contributed by atoms with van der Waals surface area (Å²) in [7, 11) is 0. The third-order valence-electron chi connectivity index (χ3n) is 3.42. The molecule has 0 fully saturated rings. The largest absolute Gasteiger partial charge is 0.462 e. The second-order valence-corrected chi connectivity index (χ2v) is 5.08. The van der Waals surface area contributed by atoms with E-state index in [2.05, 4.69) is 26.0 Å². The van der Waals surface area contributed by atoms with Gasteiger partial charge in [-0.25, -0.2) is 4.79 Å². The summed E-state index contributed by atoms with van der Waals surface area (Å²) in [5.41, 5.74) is 4.65. The van der Waals surface area contributed by atoms with Gasteiger partial charge in [0.1, 0.15) is 0 Å². The van der Waals surface area contributed by atoms with Crippen molar-refractivity contribution in [1.29, 1.82) is 0 Å². The van der Waals surface area contributed by atoms with Gasteiger partial charge >= 0.3 is 5.97 Å². The maximum Gasteiger partial charge on any atom is 0.330 e.